The molecule has 1 fully saturated rings. The number of hydrogen-bond acceptors (Lipinski definition) is 2. The lowest BCUT2D eigenvalue weighted by Crippen LogP contribution is -2.43. The lowest BCUT2D eigenvalue weighted by Gasteiger charge is -2.22. The van der Waals surface area contributed by atoms with E-state index >= 15 is 0 Å². The van der Waals surface area contributed by atoms with Crippen molar-refractivity contribution in [1.82, 2.24) is 5.32 Å². The van der Waals surface area contributed by atoms with Crippen LogP contribution >= 0.6 is 24.0 Å². The first-order valence-corrected chi connectivity index (χ1v) is 5.93. The minimum atomic E-state index is -0.0515. The summed E-state index contributed by atoms with van der Waals surface area (Å²) in [5.41, 5.74) is 0.793. The molecule has 1 aliphatic rings. The van der Waals surface area contributed by atoms with E-state index in [1.165, 1.54) is 0 Å². The van der Waals surface area contributed by atoms with E-state index in [1.54, 1.807) is 12.1 Å². The number of amides is 1. The van der Waals surface area contributed by atoms with Crippen LogP contribution in [0.25, 0.3) is 0 Å². The van der Waals surface area contributed by atoms with Crippen LogP contribution in [0, 0.1) is 0 Å². The maximum absolute atomic E-state index is 11.8. The van der Waals surface area contributed by atoms with Gasteiger partial charge in [0.1, 0.15) is 0 Å². The molecule has 1 amide bonds. The van der Waals surface area contributed by atoms with Gasteiger partial charge in [0.05, 0.1) is 6.04 Å². The van der Waals surface area contributed by atoms with Gasteiger partial charge in [-0.15, -0.1) is 12.4 Å². The van der Waals surface area contributed by atoms with Crippen molar-refractivity contribution in [2.24, 2.45) is 0 Å². The van der Waals surface area contributed by atoms with E-state index in [4.69, 9.17) is 11.6 Å². The Balaban J connectivity index is 0.00000144. The third-order valence-corrected chi connectivity index (χ3v) is 2.99. The SMILES string of the molecule is Cl.O=C(Nc1ccc(Cl)cc1)C1CCCCN1. The Bertz CT molecular complexity index is 361. The Kier molecular flexibility index (Phi) is 5.75. The van der Waals surface area contributed by atoms with Crippen molar-refractivity contribution in [1.29, 1.82) is 0 Å². The second kappa shape index (κ2) is 6.84. The normalized spacial score (nSPS) is 19.2. The maximum atomic E-state index is 11.8. The Labute approximate surface area is 112 Å². The van der Waals surface area contributed by atoms with Crippen LogP contribution in [0.1, 0.15) is 19.3 Å². The number of rotatable bonds is 2. The highest BCUT2D eigenvalue weighted by Gasteiger charge is 2.20. The number of hydrogen-bond donors (Lipinski definition) is 2. The topological polar surface area (TPSA) is 41.1 Å². The predicted octanol–water partition coefficient (Wildman–Crippen LogP) is 2.84. The van der Waals surface area contributed by atoms with Gasteiger partial charge in [0.25, 0.3) is 0 Å². The molecule has 1 aromatic carbocycles. The van der Waals surface area contributed by atoms with E-state index in [2.05, 4.69) is 10.6 Å². The summed E-state index contributed by atoms with van der Waals surface area (Å²) in [5, 5.41) is 6.77. The first kappa shape index (κ1) is 14.3. The second-order valence-corrected chi connectivity index (χ2v) is 4.44. The van der Waals surface area contributed by atoms with Crippen molar-refractivity contribution in [3.05, 3.63) is 29.3 Å². The molecule has 1 aromatic rings. The first-order valence-electron chi connectivity index (χ1n) is 5.55. The molecule has 0 radical (unpaired) electrons. The zero-order valence-corrected chi connectivity index (χ0v) is 11.0. The average molecular weight is 275 g/mol. The molecule has 0 spiro atoms. The van der Waals surface area contributed by atoms with Gasteiger partial charge in [-0.1, -0.05) is 18.0 Å². The van der Waals surface area contributed by atoms with Gasteiger partial charge in [-0.25, -0.2) is 0 Å². The fourth-order valence-electron chi connectivity index (χ4n) is 1.84. The quantitative estimate of drug-likeness (QED) is 0.871. The van der Waals surface area contributed by atoms with Gasteiger partial charge >= 0.3 is 0 Å². The van der Waals surface area contributed by atoms with Crippen LogP contribution in [-0.4, -0.2) is 18.5 Å². The fraction of sp³-hybridized carbons (Fsp3) is 0.417. The highest BCUT2D eigenvalue weighted by molar-refractivity contribution is 6.30. The molecule has 1 unspecified atom stereocenters. The Hall–Kier alpha value is -0.770. The van der Waals surface area contributed by atoms with E-state index in [0.717, 1.165) is 31.5 Å². The molecular weight excluding hydrogens is 259 g/mol. The van der Waals surface area contributed by atoms with Gasteiger partial charge in [0.2, 0.25) is 5.91 Å². The third-order valence-electron chi connectivity index (χ3n) is 2.74. The van der Waals surface area contributed by atoms with Crippen molar-refractivity contribution < 1.29 is 4.79 Å². The smallest absolute Gasteiger partial charge is 0.241 e. The van der Waals surface area contributed by atoms with Crippen molar-refractivity contribution in [3.63, 3.8) is 0 Å². The number of anilines is 1. The van der Waals surface area contributed by atoms with Gasteiger partial charge < -0.3 is 10.6 Å². The number of benzene rings is 1. The fourth-order valence-corrected chi connectivity index (χ4v) is 1.96. The van der Waals surface area contributed by atoms with Crippen molar-refractivity contribution in [2.75, 3.05) is 11.9 Å². The highest BCUT2D eigenvalue weighted by atomic mass is 35.5. The Morgan fingerprint density at radius 1 is 1.29 bits per heavy atom. The zero-order valence-electron chi connectivity index (χ0n) is 9.41. The van der Waals surface area contributed by atoms with E-state index in [0.29, 0.717) is 5.02 Å². The number of nitrogens with one attached hydrogen (secondary N) is 2. The molecule has 0 aromatic heterocycles. The molecule has 3 nitrogen and oxygen atoms in total. The van der Waals surface area contributed by atoms with Crippen LogP contribution in [-0.2, 0) is 4.79 Å². The summed E-state index contributed by atoms with van der Waals surface area (Å²) in [4.78, 5) is 11.8. The predicted molar refractivity (Wildman–Crippen MR) is 73.0 cm³/mol. The van der Waals surface area contributed by atoms with Gasteiger partial charge in [0.15, 0.2) is 0 Å². The van der Waals surface area contributed by atoms with Crippen LogP contribution in [0.4, 0.5) is 5.69 Å². The lowest BCUT2D eigenvalue weighted by atomic mass is 10.0. The second-order valence-electron chi connectivity index (χ2n) is 4.00. The van der Waals surface area contributed by atoms with Gasteiger partial charge in [-0.2, -0.15) is 0 Å². The van der Waals surface area contributed by atoms with Gasteiger partial charge in [-0.05, 0) is 43.7 Å². The summed E-state index contributed by atoms with van der Waals surface area (Å²) in [6.45, 7) is 0.929. The molecular formula is C12H16Cl2N2O. The molecule has 0 aliphatic carbocycles. The molecule has 0 saturated carbocycles. The molecule has 5 heteroatoms. The number of halogens is 2. The maximum Gasteiger partial charge on any atom is 0.241 e. The zero-order chi connectivity index (χ0) is 11.4. The van der Waals surface area contributed by atoms with Crippen LogP contribution in [0.3, 0.4) is 0 Å². The number of carbonyl (C=O) groups is 1. The van der Waals surface area contributed by atoms with Crippen LogP contribution in [0.2, 0.25) is 5.02 Å². The molecule has 2 rings (SSSR count). The lowest BCUT2D eigenvalue weighted by molar-refractivity contribution is -0.118. The molecule has 1 atom stereocenters. The molecule has 94 valence electrons. The van der Waals surface area contributed by atoms with Crippen LogP contribution in [0.15, 0.2) is 24.3 Å². The van der Waals surface area contributed by atoms with Crippen molar-refractivity contribution >= 4 is 35.6 Å². The summed E-state index contributed by atoms with van der Waals surface area (Å²) in [6, 6.07) is 7.10. The monoisotopic (exact) mass is 274 g/mol. The molecule has 1 heterocycles. The molecule has 0 bridgehead atoms. The van der Waals surface area contributed by atoms with Gasteiger partial charge in [0, 0.05) is 10.7 Å². The third kappa shape index (κ3) is 4.19. The Morgan fingerprint density at radius 3 is 2.59 bits per heavy atom. The highest BCUT2D eigenvalue weighted by Crippen LogP contribution is 2.15. The van der Waals surface area contributed by atoms with E-state index in [-0.39, 0.29) is 24.4 Å². The van der Waals surface area contributed by atoms with Crippen LogP contribution < -0.4 is 10.6 Å². The summed E-state index contributed by atoms with van der Waals surface area (Å²) in [5.74, 6) is 0.0435. The molecule has 1 saturated heterocycles. The van der Waals surface area contributed by atoms with Crippen molar-refractivity contribution in [3.8, 4) is 0 Å². The molecule has 1 aliphatic heterocycles. The van der Waals surface area contributed by atoms with Crippen LogP contribution in [0.5, 0.6) is 0 Å². The summed E-state index contributed by atoms with van der Waals surface area (Å²) < 4.78 is 0. The van der Waals surface area contributed by atoms with E-state index < -0.39 is 0 Å². The van der Waals surface area contributed by atoms with E-state index in [1.807, 2.05) is 12.1 Å². The van der Waals surface area contributed by atoms with E-state index in [9.17, 15) is 4.79 Å². The molecule has 2 N–H and O–H groups in total. The minimum Gasteiger partial charge on any atom is -0.325 e. The average Bonchev–Trinajstić information content (AvgIpc) is 2.33. The minimum absolute atomic E-state index is 0. The summed E-state index contributed by atoms with van der Waals surface area (Å²) in [7, 11) is 0. The number of carbonyl (C=O) groups excluding carboxylic acids is 1. The first-order chi connectivity index (χ1) is 7.75. The molecule has 17 heavy (non-hydrogen) atoms. The number of piperidine rings is 1. The summed E-state index contributed by atoms with van der Waals surface area (Å²) in [6.07, 6.45) is 3.19. The standard InChI is InChI=1S/C12H15ClN2O.ClH/c13-9-4-6-10(7-5-9)15-12(16)11-3-1-2-8-14-11;/h4-7,11,14H,1-3,8H2,(H,15,16);1H. The largest absolute Gasteiger partial charge is 0.325 e. The van der Waals surface area contributed by atoms with Crippen molar-refractivity contribution in [2.45, 2.75) is 25.3 Å². The Morgan fingerprint density at radius 2 is 2.00 bits per heavy atom. The van der Waals surface area contributed by atoms with Gasteiger partial charge in [-0.3, -0.25) is 4.79 Å². The summed E-state index contributed by atoms with van der Waals surface area (Å²) >= 11 is 5.77.